The molecule has 1 unspecified atom stereocenters. The third-order valence-electron chi connectivity index (χ3n) is 2.96. The molecule has 86 valence electrons. The number of carbonyl (C=O) groups excluding carboxylic acids is 1. The van der Waals surface area contributed by atoms with E-state index in [9.17, 15) is 4.79 Å². The van der Waals surface area contributed by atoms with Crippen LogP contribution in [0.4, 0.5) is 0 Å². The highest BCUT2D eigenvalue weighted by Crippen LogP contribution is 2.31. The first-order valence-corrected chi connectivity index (χ1v) is 5.64. The van der Waals surface area contributed by atoms with Gasteiger partial charge in [0, 0.05) is 13.0 Å². The third-order valence-corrected chi connectivity index (χ3v) is 2.96. The molecule has 2 heterocycles. The fourth-order valence-electron chi connectivity index (χ4n) is 1.81. The number of piperazine rings is 1. The van der Waals surface area contributed by atoms with E-state index in [2.05, 4.69) is 20.8 Å². The third kappa shape index (κ3) is 2.06. The first-order valence-electron chi connectivity index (χ1n) is 5.64. The summed E-state index contributed by atoms with van der Waals surface area (Å²) >= 11 is 0. The lowest BCUT2D eigenvalue weighted by Gasteiger charge is -2.20. The summed E-state index contributed by atoms with van der Waals surface area (Å²) in [5.74, 6) is 2.13. The molecular weight excluding hydrogens is 208 g/mol. The van der Waals surface area contributed by atoms with Gasteiger partial charge in [-0.05, 0) is 18.8 Å². The number of nitrogens with zero attached hydrogens (tertiary/aromatic N) is 2. The van der Waals surface area contributed by atoms with Gasteiger partial charge in [0.1, 0.15) is 6.04 Å². The monoisotopic (exact) mass is 222 g/mol. The quantitative estimate of drug-likeness (QED) is 0.739. The van der Waals surface area contributed by atoms with E-state index in [4.69, 9.17) is 4.52 Å². The predicted octanol–water partition coefficient (Wildman–Crippen LogP) is -0.217. The van der Waals surface area contributed by atoms with Crippen LogP contribution in [0.2, 0.25) is 0 Å². The molecule has 6 nitrogen and oxygen atoms in total. The smallest absolute Gasteiger partial charge is 0.245 e. The highest BCUT2D eigenvalue weighted by molar-refractivity contribution is 5.78. The zero-order chi connectivity index (χ0) is 11.0. The van der Waals surface area contributed by atoms with Crippen LogP contribution >= 0.6 is 0 Å². The molecule has 1 amide bonds. The van der Waals surface area contributed by atoms with Crippen molar-refractivity contribution in [1.29, 1.82) is 0 Å². The zero-order valence-electron chi connectivity index (χ0n) is 8.90. The standard InChI is InChI=1S/C10H14N4O2/c15-9-5-11-7(4-12-9)10-13-8(14-16-10)3-6-1-2-6/h6-7,11H,1-5H2,(H,12,15). The van der Waals surface area contributed by atoms with E-state index in [-0.39, 0.29) is 11.9 Å². The maximum atomic E-state index is 11.0. The molecule has 1 saturated carbocycles. The SMILES string of the molecule is O=C1CNC(c2nc(CC3CC3)no2)CN1. The van der Waals surface area contributed by atoms with Crippen molar-refractivity contribution >= 4 is 5.91 Å². The summed E-state index contributed by atoms with van der Waals surface area (Å²) in [6.45, 7) is 0.828. The average Bonchev–Trinajstić information content (AvgIpc) is 2.97. The molecule has 2 aliphatic rings. The molecule has 0 radical (unpaired) electrons. The molecule has 1 aliphatic carbocycles. The van der Waals surface area contributed by atoms with Crippen molar-refractivity contribution in [2.24, 2.45) is 5.92 Å². The topological polar surface area (TPSA) is 80.1 Å². The van der Waals surface area contributed by atoms with Gasteiger partial charge in [-0.25, -0.2) is 0 Å². The van der Waals surface area contributed by atoms with E-state index < -0.39 is 0 Å². The molecule has 1 atom stereocenters. The number of carbonyl (C=O) groups is 1. The number of aromatic nitrogens is 2. The summed E-state index contributed by atoms with van der Waals surface area (Å²) in [6, 6.07) is -0.0434. The minimum atomic E-state index is -0.0434. The summed E-state index contributed by atoms with van der Waals surface area (Å²) in [5.41, 5.74) is 0. The van der Waals surface area contributed by atoms with Crippen molar-refractivity contribution < 1.29 is 9.32 Å². The van der Waals surface area contributed by atoms with Gasteiger partial charge in [0.25, 0.3) is 0 Å². The zero-order valence-corrected chi connectivity index (χ0v) is 8.90. The molecule has 1 aromatic heterocycles. The summed E-state index contributed by atoms with van der Waals surface area (Å²) in [6.07, 6.45) is 3.48. The van der Waals surface area contributed by atoms with Gasteiger partial charge >= 0.3 is 0 Å². The second kappa shape index (κ2) is 3.86. The van der Waals surface area contributed by atoms with Crippen LogP contribution in [0.5, 0.6) is 0 Å². The van der Waals surface area contributed by atoms with Crippen molar-refractivity contribution in [3.8, 4) is 0 Å². The number of hydrogen-bond donors (Lipinski definition) is 2. The van der Waals surface area contributed by atoms with E-state index in [0.717, 1.165) is 18.2 Å². The summed E-state index contributed by atoms with van der Waals surface area (Å²) in [4.78, 5) is 15.3. The number of hydrogen-bond acceptors (Lipinski definition) is 5. The highest BCUT2D eigenvalue weighted by Gasteiger charge is 2.27. The lowest BCUT2D eigenvalue weighted by Crippen LogP contribution is -2.47. The normalized spacial score (nSPS) is 25.5. The van der Waals surface area contributed by atoms with Crippen LogP contribution < -0.4 is 10.6 Å². The van der Waals surface area contributed by atoms with Crippen molar-refractivity contribution in [2.45, 2.75) is 25.3 Å². The van der Waals surface area contributed by atoms with Crippen LogP contribution in [0, 0.1) is 5.92 Å². The highest BCUT2D eigenvalue weighted by atomic mass is 16.5. The van der Waals surface area contributed by atoms with Gasteiger partial charge in [0.2, 0.25) is 11.8 Å². The Labute approximate surface area is 92.8 Å². The first kappa shape index (κ1) is 9.77. The molecule has 6 heteroatoms. The van der Waals surface area contributed by atoms with Crippen LogP contribution in [0.1, 0.15) is 30.6 Å². The lowest BCUT2D eigenvalue weighted by molar-refractivity contribution is -0.121. The van der Waals surface area contributed by atoms with Crippen molar-refractivity contribution in [2.75, 3.05) is 13.1 Å². The van der Waals surface area contributed by atoms with Gasteiger partial charge < -0.3 is 9.84 Å². The summed E-state index contributed by atoms with van der Waals surface area (Å²) < 4.78 is 5.19. The van der Waals surface area contributed by atoms with Crippen molar-refractivity contribution in [3.05, 3.63) is 11.7 Å². The van der Waals surface area contributed by atoms with Crippen molar-refractivity contribution in [1.82, 2.24) is 20.8 Å². The van der Waals surface area contributed by atoms with E-state index in [1.54, 1.807) is 0 Å². The van der Waals surface area contributed by atoms with Crippen LogP contribution in [-0.2, 0) is 11.2 Å². The van der Waals surface area contributed by atoms with Gasteiger partial charge in [-0.3, -0.25) is 10.1 Å². The van der Waals surface area contributed by atoms with E-state index >= 15 is 0 Å². The van der Waals surface area contributed by atoms with E-state index in [1.807, 2.05) is 0 Å². The Kier molecular flexibility index (Phi) is 2.36. The van der Waals surface area contributed by atoms with Gasteiger partial charge in [-0.1, -0.05) is 5.16 Å². The van der Waals surface area contributed by atoms with Crippen LogP contribution in [-0.4, -0.2) is 29.1 Å². The molecule has 1 aromatic rings. The minimum Gasteiger partial charge on any atom is -0.353 e. The molecule has 2 N–H and O–H groups in total. The minimum absolute atomic E-state index is 0.00830. The Morgan fingerprint density at radius 1 is 1.44 bits per heavy atom. The Morgan fingerprint density at radius 2 is 2.31 bits per heavy atom. The Morgan fingerprint density at radius 3 is 3.00 bits per heavy atom. The molecule has 0 bridgehead atoms. The molecule has 1 saturated heterocycles. The first-order chi connectivity index (χ1) is 7.81. The second-order valence-electron chi connectivity index (χ2n) is 4.43. The van der Waals surface area contributed by atoms with E-state index in [0.29, 0.717) is 19.0 Å². The molecule has 2 fully saturated rings. The fourth-order valence-corrected chi connectivity index (χ4v) is 1.81. The predicted molar refractivity (Wildman–Crippen MR) is 54.5 cm³/mol. The number of amides is 1. The Bertz CT molecular complexity index is 389. The van der Waals surface area contributed by atoms with Crippen molar-refractivity contribution in [3.63, 3.8) is 0 Å². The van der Waals surface area contributed by atoms with Gasteiger partial charge in [-0.2, -0.15) is 4.98 Å². The Hall–Kier alpha value is -1.43. The molecule has 16 heavy (non-hydrogen) atoms. The number of nitrogens with one attached hydrogen (secondary N) is 2. The van der Waals surface area contributed by atoms with Gasteiger partial charge in [-0.15, -0.1) is 0 Å². The molecule has 0 spiro atoms. The second-order valence-corrected chi connectivity index (χ2v) is 4.43. The van der Waals surface area contributed by atoms with E-state index in [1.165, 1.54) is 12.8 Å². The maximum Gasteiger partial charge on any atom is 0.245 e. The Balaban J connectivity index is 1.64. The molecule has 0 aromatic carbocycles. The lowest BCUT2D eigenvalue weighted by atomic mass is 10.2. The maximum absolute atomic E-state index is 11.0. The largest absolute Gasteiger partial charge is 0.353 e. The molecule has 1 aliphatic heterocycles. The van der Waals surface area contributed by atoms with Crippen LogP contribution in [0.3, 0.4) is 0 Å². The summed E-state index contributed by atoms with van der Waals surface area (Å²) in [7, 11) is 0. The molecular formula is C10H14N4O2. The van der Waals surface area contributed by atoms with Gasteiger partial charge in [0.15, 0.2) is 5.82 Å². The van der Waals surface area contributed by atoms with Gasteiger partial charge in [0.05, 0.1) is 6.54 Å². The fraction of sp³-hybridized carbons (Fsp3) is 0.700. The van der Waals surface area contributed by atoms with Crippen LogP contribution in [0.25, 0.3) is 0 Å². The summed E-state index contributed by atoms with van der Waals surface area (Å²) in [5, 5.41) is 9.77. The number of rotatable bonds is 3. The average molecular weight is 222 g/mol. The molecule has 3 rings (SSSR count). The van der Waals surface area contributed by atoms with Crippen LogP contribution in [0.15, 0.2) is 4.52 Å².